The maximum absolute atomic E-state index is 10.9. The molecule has 0 saturated heterocycles. The summed E-state index contributed by atoms with van der Waals surface area (Å²) in [7, 11) is 1.54. The van der Waals surface area contributed by atoms with Crippen molar-refractivity contribution in [1.29, 1.82) is 0 Å². The summed E-state index contributed by atoms with van der Waals surface area (Å²) in [5.74, 6) is -0.171. The number of likely N-dealkylation sites (N-methyl/N-ethyl adjacent to an activating group) is 1. The van der Waals surface area contributed by atoms with Gasteiger partial charge in [-0.05, 0) is 0 Å². The first kappa shape index (κ1) is 8.66. The first-order valence-corrected chi connectivity index (χ1v) is 3.46. The minimum Gasteiger partial charge on any atom is -0.390 e. The van der Waals surface area contributed by atoms with Gasteiger partial charge < -0.3 is 10.4 Å². The molecule has 0 fully saturated rings. The number of aliphatic hydroxyl groups excluding tert-OH is 1. The molecule has 0 aliphatic heterocycles. The molecule has 2 N–H and O–H groups in total. The van der Waals surface area contributed by atoms with Crippen molar-refractivity contribution in [3.05, 3.63) is 11.9 Å². The highest BCUT2D eigenvalue weighted by molar-refractivity contribution is 5.75. The van der Waals surface area contributed by atoms with E-state index in [4.69, 9.17) is 5.11 Å². The smallest absolute Gasteiger partial charge is 0.241 e. The molecule has 0 unspecified atom stereocenters. The van der Waals surface area contributed by atoms with Crippen LogP contribution >= 0.6 is 0 Å². The fourth-order valence-electron chi connectivity index (χ4n) is 0.750. The Labute approximate surface area is 69.2 Å². The van der Waals surface area contributed by atoms with E-state index in [0.29, 0.717) is 5.69 Å². The molecule has 1 amide bonds. The van der Waals surface area contributed by atoms with E-state index in [9.17, 15) is 4.79 Å². The van der Waals surface area contributed by atoms with Crippen molar-refractivity contribution in [3.8, 4) is 0 Å². The number of aromatic nitrogens is 3. The van der Waals surface area contributed by atoms with Gasteiger partial charge in [0.25, 0.3) is 0 Å². The van der Waals surface area contributed by atoms with E-state index in [0.717, 1.165) is 0 Å². The molecule has 0 saturated carbocycles. The monoisotopic (exact) mass is 170 g/mol. The van der Waals surface area contributed by atoms with E-state index in [1.54, 1.807) is 0 Å². The van der Waals surface area contributed by atoms with Crippen molar-refractivity contribution in [3.63, 3.8) is 0 Å². The van der Waals surface area contributed by atoms with E-state index in [2.05, 4.69) is 15.6 Å². The lowest BCUT2D eigenvalue weighted by molar-refractivity contribution is -0.121. The van der Waals surface area contributed by atoms with Gasteiger partial charge in [0.05, 0.1) is 18.5 Å². The lowest BCUT2D eigenvalue weighted by atomic mass is 10.5. The first-order chi connectivity index (χ1) is 5.77. The van der Waals surface area contributed by atoms with Crippen LogP contribution in [0.2, 0.25) is 0 Å². The van der Waals surface area contributed by atoms with E-state index in [-0.39, 0.29) is 19.1 Å². The molecule has 0 aliphatic carbocycles. The topological polar surface area (TPSA) is 80.0 Å². The minimum atomic E-state index is -0.171. The molecule has 1 aromatic rings. The quantitative estimate of drug-likeness (QED) is 0.579. The van der Waals surface area contributed by atoms with Gasteiger partial charge in [-0.3, -0.25) is 4.79 Å². The SMILES string of the molecule is CNC(=O)Cn1nncc1CO. The molecule has 0 bridgehead atoms. The van der Waals surface area contributed by atoms with Gasteiger partial charge in [0.2, 0.25) is 5.91 Å². The molecule has 6 nitrogen and oxygen atoms in total. The molecule has 1 aromatic heterocycles. The number of carbonyl (C=O) groups is 1. The second kappa shape index (κ2) is 3.82. The fourth-order valence-corrected chi connectivity index (χ4v) is 0.750. The molecular weight excluding hydrogens is 160 g/mol. The van der Waals surface area contributed by atoms with Crippen LogP contribution in [0.1, 0.15) is 5.69 Å². The number of amides is 1. The molecule has 1 heterocycles. The van der Waals surface area contributed by atoms with Crippen molar-refractivity contribution in [1.82, 2.24) is 20.3 Å². The fraction of sp³-hybridized carbons (Fsp3) is 0.500. The maximum atomic E-state index is 10.9. The molecule has 66 valence electrons. The molecule has 6 heteroatoms. The summed E-state index contributed by atoms with van der Waals surface area (Å²) < 4.78 is 1.35. The number of carbonyl (C=O) groups excluding carboxylic acids is 1. The van der Waals surface area contributed by atoms with Crippen LogP contribution in [0.15, 0.2) is 6.20 Å². The number of nitrogens with one attached hydrogen (secondary N) is 1. The highest BCUT2D eigenvalue weighted by atomic mass is 16.3. The Kier molecular flexibility index (Phi) is 2.76. The maximum Gasteiger partial charge on any atom is 0.241 e. The molecular formula is C6H10N4O2. The number of hydrogen-bond acceptors (Lipinski definition) is 4. The van der Waals surface area contributed by atoms with Crippen molar-refractivity contribution in [2.75, 3.05) is 7.05 Å². The summed E-state index contributed by atoms with van der Waals surface area (Å²) in [4.78, 5) is 10.9. The Morgan fingerprint density at radius 1 is 1.83 bits per heavy atom. The lowest BCUT2D eigenvalue weighted by Crippen LogP contribution is -2.25. The Hall–Kier alpha value is -1.43. The van der Waals surface area contributed by atoms with Gasteiger partial charge >= 0.3 is 0 Å². The predicted octanol–water partition coefficient (Wildman–Crippen LogP) is -1.48. The molecule has 12 heavy (non-hydrogen) atoms. The van der Waals surface area contributed by atoms with Gasteiger partial charge in [-0.25, -0.2) is 4.68 Å². The largest absolute Gasteiger partial charge is 0.390 e. The summed E-state index contributed by atoms with van der Waals surface area (Å²) in [5, 5.41) is 18.4. The molecule has 0 aromatic carbocycles. The third kappa shape index (κ3) is 1.79. The summed E-state index contributed by atoms with van der Waals surface area (Å²) in [6, 6.07) is 0. The van der Waals surface area contributed by atoms with Gasteiger partial charge in [0.15, 0.2) is 0 Å². The molecule has 0 aliphatic rings. The van der Waals surface area contributed by atoms with E-state index in [1.807, 2.05) is 0 Å². The zero-order valence-corrected chi connectivity index (χ0v) is 6.69. The van der Waals surface area contributed by atoms with Crippen LogP contribution in [-0.4, -0.2) is 33.1 Å². The van der Waals surface area contributed by atoms with E-state index in [1.165, 1.54) is 17.9 Å². The second-order valence-electron chi connectivity index (χ2n) is 2.21. The second-order valence-corrected chi connectivity index (χ2v) is 2.21. The van der Waals surface area contributed by atoms with Gasteiger partial charge in [-0.15, -0.1) is 5.10 Å². The van der Waals surface area contributed by atoms with Crippen LogP contribution in [-0.2, 0) is 17.9 Å². The highest BCUT2D eigenvalue weighted by Gasteiger charge is 2.05. The van der Waals surface area contributed by atoms with Crippen LogP contribution in [0.5, 0.6) is 0 Å². The van der Waals surface area contributed by atoms with Crippen molar-refractivity contribution < 1.29 is 9.90 Å². The number of nitrogens with zero attached hydrogens (tertiary/aromatic N) is 3. The zero-order valence-electron chi connectivity index (χ0n) is 6.69. The summed E-state index contributed by atoms with van der Waals surface area (Å²) in [5.41, 5.74) is 0.526. The molecule has 0 spiro atoms. The third-order valence-electron chi connectivity index (χ3n) is 1.43. The van der Waals surface area contributed by atoms with Gasteiger partial charge in [-0.1, -0.05) is 5.21 Å². The average Bonchev–Trinajstić information content (AvgIpc) is 2.51. The first-order valence-electron chi connectivity index (χ1n) is 3.46. The van der Waals surface area contributed by atoms with Gasteiger partial charge in [0, 0.05) is 7.05 Å². The summed E-state index contributed by atoms with van der Waals surface area (Å²) in [6.07, 6.45) is 1.42. The highest BCUT2D eigenvalue weighted by Crippen LogP contribution is 1.94. The molecule has 0 radical (unpaired) electrons. The van der Waals surface area contributed by atoms with Crippen LogP contribution in [0.25, 0.3) is 0 Å². The zero-order chi connectivity index (χ0) is 8.97. The number of hydrogen-bond donors (Lipinski definition) is 2. The van der Waals surface area contributed by atoms with E-state index >= 15 is 0 Å². The Bertz CT molecular complexity index is 270. The summed E-state index contributed by atoms with van der Waals surface area (Å²) >= 11 is 0. The standard InChI is InChI=1S/C6H10N4O2/c1-7-6(12)3-10-5(4-11)2-8-9-10/h2,11H,3-4H2,1H3,(H,7,12). The van der Waals surface area contributed by atoms with Gasteiger partial charge in [-0.2, -0.15) is 0 Å². The van der Waals surface area contributed by atoms with Crippen molar-refractivity contribution in [2.24, 2.45) is 0 Å². The number of aliphatic hydroxyl groups is 1. The Morgan fingerprint density at radius 3 is 3.17 bits per heavy atom. The number of rotatable bonds is 3. The average molecular weight is 170 g/mol. The van der Waals surface area contributed by atoms with Crippen LogP contribution in [0.3, 0.4) is 0 Å². The predicted molar refractivity (Wildman–Crippen MR) is 40.0 cm³/mol. The molecule has 1 rings (SSSR count). The Balaban J connectivity index is 2.68. The van der Waals surface area contributed by atoms with Crippen molar-refractivity contribution >= 4 is 5.91 Å². The normalized spacial score (nSPS) is 9.83. The van der Waals surface area contributed by atoms with Crippen molar-refractivity contribution in [2.45, 2.75) is 13.2 Å². The summed E-state index contributed by atoms with van der Waals surface area (Å²) in [6.45, 7) is -0.0730. The lowest BCUT2D eigenvalue weighted by Gasteiger charge is -2.01. The van der Waals surface area contributed by atoms with Crippen LogP contribution < -0.4 is 5.32 Å². The van der Waals surface area contributed by atoms with Crippen LogP contribution in [0.4, 0.5) is 0 Å². The molecule has 0 atom stereocenters. The van der Waals surface area contributed by atoms with Gasteiger partial charge in [0.1, 0.15) is 6.54 Å². The van der Waals surface area contributed by atoms with E-state index < -0.39 is 0 Å². The third-order valence-corrected chi connectivity index (χ3v) is 1.43. The minimum absolute atomic E-state index is 0.0897. The Morgan fingerprint density at radius 2 is 2.58 bits per heavy atom. The van der Waals surface area contributed by atoms with Crippen LogP contribution in [0, 0.1) is 0 Å².